The Bertz CT molecular complexity index is 266. The minimum Gasteiger partial charge on any atom is -0.465 e. The van der Waals surface area contributed by atoms with Gasteiger partial charge in [0, 0.05) is 24.6 Å². The third kappa shape index (κ3) is 15.5. The van der Waals surface area contributed by atoms with Crippen molar-refractivity contribution in [2.45, 2.75) is 71.1 Å². The van der Waals surface area contributed by atoms with Gasteiger partial charge in [-0.05, 0) is 19.3 Å². The molecule has 110 valence electrons. The van der Waals surface area contributed by atoms with E-state index in [9.17, 15) is 4.79 Å². The van der Waals surface area contributed by atoms with Crippen LogP contribution in [0.2, 0.25) is 0 Å². The zero-order valence-corrected chi connectivity index (χ0v) is 13.8. The maximum Gasteiger partial charge on any atom is 0.305 e. The molecule has 0 fully saturated rings. The van der Waals surface area contributed by atoms with Crippen LogP contribution in [0.5, 0.6) is 0 Å². The number of rotatable bonds is 11. The molecule has 0 atom stereocenters. The lowest BCUT2D eigenvalue weighted by Crippen LogP contribution is -2.05. The molecule has 0 amide bonds. The third-order valence-electron chi connectivity index (χ3n) is 2.78. The van der Waals surface area contributed by atoms with Gasteiger partial charge in [0.1, 0.15) is 6.61 Å². The largest absolute Gasteiger partial charge is 0.465 e. The summed E-state index contributed by atoms with van der Waals surface area (Å²) in [4.78, 5) is 11.4. The van der Waals surface area contributed by atoms with Crippen molar-refractivity contribution in [3.8, 4) is 11.8 Å². The van der Waals surface area contributed by atoms with Crippen molar-refractivity contribution in [3.05, 3.63) is 0 Å². The lowest BCUT2D eigenvalue weighted by molar-refractivity contribution is -0.143. The summed E-state index contributed by atoms with van der Waals surface area (Å²) >= 11 is 3.41. The summed E-state index contributed by atoms with van der Waals surface area (Å²) in [7, 11) is 0. The van der Waals surface area contributed by atoms with Crippen LogP contribution in [0.3, 0.4) is 0 Å². The second-order valence-electron chi connectivity index (χ2n) is 4.63. The van der Waals surface area contributed by atoms with Gasteiger partial charge in [0.25, 0.3) is 0 Å². The molecule has 0 aliphatic carbocycles. The van der Waals surface area contributed by atoms with Gasteiger partial charge in [-0.25, -0.2) is 0 Å². The molecular formula is C16H27BrO2. The van der Waals surface area contributed by atoms with E-state index in [2.05, 4.69) is 34.7 Å². The first kappa shape index (κ1) is 18.5. The van der Waals surface area contributed by atoms with Gasteiger partial charge in [0.15, 0.2) is 0 Å². The zero-order valence-electron chi connectivity index (χ0n) is 12.2. The number of ether oxygens (including phenoxy) is 1. The molecule has 0 spiro atoms. The number of esters is 1. The van der Waals surface area contributed by atoms with Crippen LogP contribution in [-0.4, -0.2) is 17.9 Å². The van der Waals surface area contributed by atoms with Crippen LogP contribution in [0.1, 0.15) is 71.1 Å². The Morgan fingerprint density at radius 1 is 1.00 bits per heavy atom. The SMILES string of the molecule is CCCCC#CCCOC(=O)CCCCCCCBr. The lowest BCUT2D eigenvalue weighted by Gasteiger charge is -2.02. The average molecular weight is 331 g/mol. The maximum atomic E-state index is 11.4. The third-order valence-corrected chi connectivity index (χ3v) is 3.35. The van der Waals surface area contributed by atoms with Crippen molar-refractivity contribution < 1.29 is 9.53 Å². The molecule has 3 heteroatoms. The standard InChI is InChI=1S/C16H27BrO2/c1-2-3-4-5-9-12-15-19-16(18)13-10-7-6-8-11-14-17/h2-4,6-8,10-15H2,1H3. The molecule has 0 aromatic heterocycles. The van der Waals surface area contributed by atoms with E-state index in [1.807, 2.05) is 0 Å². The molecule has 0 bridgehead atoms. The van der Waals surface area contributed by atoms with Gasteiger partial charge >= 0.3 is 5.97 Å². The normalized spacial score (nSPS) is 9.79. The molecule has 0 saturated carbocycles. The van der Waals surface area contributed by atoms with Crippen molar-refractivity contribution in [1.29, 1.82) is 0 Å². The number of carbonyl (C=O) groups excluding carboxylic acids is 1. The van der Waals surface area contributed by atoms with Crippen LogP contribution in [0.15, 0.2) is 0 Å². The highest BCUT2D eigenvalue weighted by atomic mass is 79.9. The molecule has 0 heterocycles. The minimum atomic E-state index is -0.0733. The molecule has 0 radical (unpaired) electrons. The fraction of sp³-hybridized carbons (Fsp3) is 0.812. The Morgan fingerprint density at radius 2 is 1.68 bits per heavy atom. The molecule has 0 aliphatic heterocycles. The van der Waals surface area contributed by atoms with Gasteiger partial charge in [0.2, 0.25) is 0 Å². The first-order valence-corrected chi connectivity index (χ1v) is 8.60. The molecule has 0 aromatic carbocycles. The van der Waals surface area contributed by atoms with Gasteiger partial charge in [-0.3, -0.25) is 4.79 Å². The van der Waals surface area contributed by atoms with Gasteiger partial charge in [-0.1, -0.05) is 54.5 Å². The van der Waals surface area contributed by atoms with Gasteiger partial charge in [0.05, 0.1) is 0 Å². The van der Waals surface area contributed by atoms with Gasteiger partial charge in [-0.2, -0.15) is 0 Å². The predicted molar refractivity (Wildman–Crippen MR) is 84.4 cm³/mol. The second kappa shape index (κ2) is 15.6. The molecule has 0 unspecified atom stereocenters. The smallest absolute Gasteiger partial charge is 0.305 e. The number of alkyl halides is 1. The van der Waals surface area contributed by atoms with Crippen LogP contribution >= 0.6 is 15.9 Å². The summed E-state index contributed by atoms with van der Waals surface area (Å²) < 4.78 is 5.13. The molecule has 0 aliphatic rings. The Labute approximate surface area is 126 Å². The summed E-state index contributed by atoms with van der Waals surface area (Å²) in [6.07, 6.45) is 10.3. The number of carbonyl (C=O) groups is 1. The van der Waals surface area contributed by atoms with Gasteiger partial charge < -0.3 is 4.74 Å². The lowest BCUT2D eigenvalue weighted by atomic mass is 10.1. The van der Waals surface area contributed by atoms with E-state index in [0.29, 0.717) is 19.4 Å². The number of halogens is 1. The quantitative estimate of drug-likeness (QED) is 0.234. The number of hydrogen-bond acceptors (Lipinski definition) is 2. The topological polar surface area (TPSA) is 26.3 Å². The van der Waals surface area contributed by atoms with Crippen molar-refractivity contribution in [2.75, 3.05) is 11.9 Å². The van der Waals surface area contributed by atoms with Crippen LogP contribution in [0.4, 0.5) is 0 Å². The summed E-state index contributed by atoms with van der Waals surface area (Å²) in [5.74, 6) is 6.05. The Balaban J connectivity index is 3.27. The van der Waals surface area contributed by atoms with Crippen LogP contribution in [0.25, 0.3) is 0 Å². The van der Waals surface area contributed by atoms with E-state index in [-0.39, 0.29) is 5.97 Å². The van der Waals surface area contributed by atoms with Crippen molar-refractivity contribution >= 4 is 21.9 Å². The molecule has 19 heavy (non-hydrogen) atoms. The average Bonchev–Trinajstić information content (AvgIpc) is 2.41. The van der Waals surface area contributed by atoms with Crippen molar-refractivity contribution in [2.24, 2.45) is 0 Å². The summed E-state index contributed by atoms with van der Waals surface area (Å²) in [6, 6.07) is 0. The summed E-state index contributed by atoms with van der Waals surface area (Å²) in [5, 5.41) is 1.08. The summed E-state index contributed by atoms with van der Waals surface area (Å²) in [5.41, 5.74) is 0. The van der Waals surface area contributed by atoms with E-state index < -0.39 is 0 Å². The first-order chi connectivity index (χ1) is 9.31. The van der Waals surface area contributed by atoms with E-state index in [4.69, 9.17) is 4.74 Å². The molecule has 0 saturated heterocycles. The Hall–Kier alpha value is -0.490. The van der Waals surface area contributed by atoms with Crippen molar-refractivity contribution in [3.63, 3.8) is 0 Å². The first-order valence-electron chi connectivity index (χ1n) is 7.48. The minimum absolute atomic E-state index is 0.0733. The van der Waals surface area contributed by atoms with Crippen molar-refractivity contribution in [1.82, 2.24) is 0 Å². The molecule has 0 aromatic rings. The number of unbranched alkanes of at least 4 members (excludes halogenated alkanes) is 6. The Kier molecular flexibility index (Phi) is 15.2. The zero-order chi connectivity index (χ0) is 14.2. The molecule has 0 rings (SSSR count). The predicted octanol–water partition coefficient (Wildman–Crippen LogP) is 4.85. The maximum absolute atomic E-state index is 11.4. The second-order valence-corrected chi connectivity index (χ2v) is 5.43. The number of hydrogen-bond donors (Lipinski definition) is 0. The van der Waals surface area contributed by atoms with Gasteiger partial charge in [-0.15, -0.1) is 5.92 Å². The highest BCUT2D eigenvalue weighted by Crippen LogP contribution is 2.07. The van der Waals surface area contributed by atoms with E-state index >= 15 is 0 Å². The fourth-order valence-electron chi connectivity index (χ4n) is 1.62. The van der Waals surface area contributed by atoms with Crippen LogP contribution in [-0.2, 0) is 9.53 Å². The van der Waals surface area contributed by atoms with Crippen LogP contribution < -0.4 is 0 Å². The highest BCUT2D eigenvalue weighted by Gasteiger charge is 2.01. The Morgan fingerprint density at radius 3 is 2.42 bits per heavy atom. The van der Waals surface area contributed by atoms with Crippen LogP contribution in [0, 0.1) is 11.8 Å². The fourth-order valence-corrected chi connectivity index (χ4v) is 2.02. The van der Waals surface area contributed by atoms with E-state index in [1.54, 1.807) is 0 Å². The van der Waals surface area contributed by atoms with E-state index in [1.165, 1.54) is 25.7 Å². The summed E-state index contributed by atoms with van der Waals surface area (Å²) in [6.45, 7) is 2.60. The monoisotopic (exact) mass is 330 g/mol. The highest BCUT2D eigenvalue weighted by molar-refractivity contribution is 9.09. The molecule has 0 N–H and O–H groups in total. The molecule has 2 nitrogen and oxygen atoms in total. The molecular weight excluding hydrogens is 304 g/mol. The van der Waals surface area contributed by atoms with E-state index in [0.717, 1.165) is 31.0 Å².